The summed E-state index contributed by atoms with van der Waals surface area (Å²) >= 11 is 0. The van der Waals surface area contributed by atoms with Gasteiger partial charge in [0.2, 0.25) is 35.4 Å². The molecule has 11 atom stereocenters. The number of primary amides is 1. The number of aromatic hydroxyl groups is 1. The zero-order valence-electron chi connectivity index (χ0n) is 49.1. The predicted molar refractivity (Wildman–Crippen MR) is 312 cm³/mol. The van der Waals surface area contributed by atoms with Crippen LogP contribution in [0.4, 0.5) is 0 Å². The number of carbonyl (C=O) groups excluding carboxylic acids is 10. The monoisotopic (exact) mass is 1190 g/mol. The van der Waals surface area contributed by atoms with Gasteiger partial charge in [0.15, 0.2) is 35.1 Å². The van der Waals surface area contributed by atoms with Crippen molar-refractivity contribution < 1.29 is 73.2 Å². The molecule has 0 bridgehead atoms. The van der Waals surface area contributed by atoms with E-state index >= 15 is 0 Å². The number of carboxylic acid groups (broad SMARTS) is 1. The van der Waals surface area contributed by atoms with Gasteiger partial charge in [-0.3, -0.25) is 62.7 Å². The molecule has 472 valence electrons. The summed E-state index contributed by atoms with van der Waals surface area (Å²) in [6.45, 7) is 7.30. The Labute approximate surface area is 490 Å². The second-order valence-electron chi connectivity index (χ2n) is 21.3. The van der Waals surface area contributed by atoms with Crippen LogP contribution in [0.5, 0.6) is 5.75 Å². The van der Waals surface area contributed by atoms with Crippen LogP contribution in [0.25, 0.3) is 0 Å². The largest absolute Gasteiger partial charge is 0.508 e. The zero-order chi connectivity index (χ0) is 63.6. The van der Waals surface area contributed by atoms with Crippen molar-refractivity contribution in [1.82, 2.24) is 26.6 Å². The summed E-state index contributed by atoms with van der Waals surface area (Å²) in [5.74, 6) is -15.5. The third-order valence-corrected chi connectivity index (χ3v) is 14.3. The highest BCUT2D eigenvalue weighted by atomic mass is 16.4. The molecule has 0 aliphatic rings. The lowest BCUT2D eigenvalue weighted by Gasteiger charge is -2.27. The Morgan fingerprint density at radius 3 is 1.52 bits per heavy atom. The van der Waals surface area contributed by atoms with Gasteiger partial charge in [-0.2, -0.15) is 0 Å². The van der Waals surface area contributed by atoms with E-state index in [1.807, 2.05) is 0 Å². The molecule has 0 radical (unpaired) electrons. The number of carbonyl (C=O) groups is 11. The van der Waals surface area contributed by atoms with E-state index in [4.69, 9.17) is 34.4 Å². The van der Waals surface area contributed by atoms with E-state index in [0.717, 1.165) is 0 Å². The highest BCUT2D eigenvalue weighted by Crippen LogP contribution is 2.23. The Bertz CT molecular complexity index is 2400. The van der Waals surface area contributed by atoms with Crippen LogP contribution >= 0.6 is 0 Å². The predicted octanol–water partition coefficient (Wildman–Crippen LogP) is -1.51. The molecule has 0 aliphatic carbocycles. The summed E-state index contributed by atoms with van der Waals surface area (Å²) in [6.07, 6.45) is -2.47. The lowest BCUT2D eigenvalue weighted by atomic mass is 9.88. The molecular formula is C56H93N13O15. The fourth-order valence-corrected chi connectivity index (χ4v) is 9.15. The quantitative estimate of drug-likeness (QED) is 0.0200. The number of nitrogens with two attached hydrogens (primary N) is 6. The van der Waals surface area contributed by atoms with Crippen molar-refractivity contribution in [3.05, 3.63) is 29.8 Å². The lowest BCUT2D eigenvalue weighted by Crippen LogP contribution is -2.51. The number of nitrogens with one attached hydrogen (secondary N) is 5. The standard InChI is InChI=1S/C56H93N13O15/c1-6-8-15-41(66-53(83)37(30-70)27-44(74)40(65-33(5)72)16-12-23-64-56(61)62)47(77)28-39(32(4)71)54(84)68-43(29-48(78)79)46(76)25-35(13-9-10-21-57)51(81)67-42(24-34-17-19-38(73)20-18-34)45(75)26-36(14-11-22-63-55(59)60)52(82)69-49(50(58)80)31(3)7-2/h17-20,31-32,35-37,39-43,49,70-71,73H,6-16,21-30,57H2,1-5H3,(H2,58,80)(H,65,72)(H,66,83)(H,67,81)(H,68,84)(H,69,82)(H,78,79)(H4,59,60,63)(H4,61,62,64)/t31-,32+,35+,36+,37-,39-,40-,41-,42-,43-,49-/m0/s1. The van der Waals surface area contributed by atoms with Crippen LogP contribution in [-0.4, -0.2) is 159 Å². The molecule has 0 spiro atoms. The molecule has 0 saturated carbocycles. The number of hydrogen-bond donors (Lipinski definition) is 15. The van der Waals surface area contributed by atoms with E-state index in [-0.39, 0.29) is 94.6 Å². The summed E-state index contributed by atoms with van der Waals surface area (Å²) in [5.41, 5.74) is 33.6. The van der Waals surface area contributed by atoms with Crippen LogP contribution in [0.15, 0.2) is 34.3 Å². The van der Waals surface area contributed by atoms with Gasteiger partial charge < -0.3 is 81.4 Å². The first-order valence-electron chi connectivity index (χ1n) is 28.6. The van der Waals surface area contributed by atoms with Crippen molar-refractivity contribution in [1.29, 1.82) is 0 Å². The molecule has 0 heterocycles. The Morgan fingerprint density at radius 1 is 0.560 bits per heavy atom. The number of phenolic OH excluding ortho intramolecular Hbond substituents is 1. The van der Waals surface area contributed by atoms with Crippen molar-refractivity contribution in [3.8, 4) is 5.75 Å². The number of aliphatic hydroxyl groups excluding tert-OH is 2. The van der Waals surface area contributed by atoms with E-state index in [1.165, 1.54) is 38.1 Å². The van der Waals surface area contributed by atoms with Crippen LogP contribution in [0.3, 0.4) is 0 Å². The number of hydrogen-bond acceptors (Lipinski definition) is 17. The Kier molecular flexibility index (Phi) is 35.3. The molecule has 0 fully saturated rings. The van der Waals surface area contributed by atoms with Gasteiger partial charge in [0.1, 0.15) is 11.8 Å². The van der Waals surface area contributed by atoms with E-state index < -0.39 is 163 Å². The van der Waals surface area contributed by atoms with Crippen molar-refractivity contribution in [2.24, 2.45) is 74.0 Å². The molecule has 28 heteroatoms. The summed E-state index contributed by atoms with van der Waals surface area (Å²) in [7, 11) is 0. The third-order valence-electron chi connectivity index (χ3n) is 14.3. The van der Waals surface area contributed by atoms with Crippen LogP contribution in [0.2, 0.25) is 0 Å². The Balaban J connectivity index is 3.59. The zero-order valence-corrected chi connectivity index (χ0v) is 49.1. The van der Waals surface area contributed by atoms with E-state index in [0.29, 0.717) is 31.2 Å². The molecule has 0 saturated heterocycles. The summed E-state index contributed by atoms with van der Waals surface area (Å²) in [5, 5.41) is 53.9. The van der Waals surface area contributed by atoms with Crippen LogP contribution in [0, 0.1) is 29.6 Å². The maximum absolute atomic E-state index is 14.5. The molecule has 1 rings (SSSR count). The summed E-state index contributed by atoms with van der Waals surface area (Å²) < 4.78 is 0. The minimum atomic E-state index is -1.82. The van der Waals surface area contributed by atoms with Crippen LogP contribution < -0.4 is 61.0 Å². The van der Waals surface area contributed by atoms with Gasteiger partial charge in [-0.1, -0.05) is 58.6 Å². The number of ketones is 4. The van der Waals surface area contributed by atoms with Gasteiger partial charge in [0.05, 0.1) is 55.1 Å². The van der Waals surface area contributed by atoms with Crippen LogP contribution in [0.1, 0.15) is 143 Å². The Hall–Kier alpha value is -7.59. The maximum atomic E-state index is 14.5. The van der Waals surface area contributed by atoms with E-state index in [9.17, 15) is 73.2 Å². The fourth-order valence-electron chi connectivity index (χ4n) is 9.15. The number of nitrogens with zero attached hydrogens (tertiary/aromatic N) is 2. The van der Waals surface area contributed by atoms with Gasteiger partial charge in [0.25, 0.3) is 0 Å². The smallest absolute Gasteiger partial charge is 0.305 e. The molecule has 1 aromatic carbocycles. The molecule has 21 N–H and O–H groups in total. The minimum absolute atomic E-state index is 0.0138. The molecule has 6 amide bonds. The van der Waals surface area contributed by atoms with Crippen molar-refractivity contribution in [2.75, 3.05) is 26.2 Å². The first kappa shape index (κ1) is 74.4. The molecule has 0 unspecified atom stereocenters. The van der Waals surface area contributed by atoms with E-state index in [2.05, 4.69) is 36.6 Å². The average molecular weight is 1190 g/mol. The van der Waals surface area contributed by atoms with Gasteiger partial charge in [0, 0.05) is 57.5 Å². The maximum Gasteiger partial charge on any atom is 0.305 e. The third kappa shape index (κ3) is 29.1. The summed E-state index contributed by atoms with van der Waals surface area (Å²) in [6, 6.07) is -0.900. The second kappa shape index (κ2) is 39.8. The van der Waals surface area contributed by atoms with Crippen molar-refractivity contribution in [2.45, 2.75) is 180 Å². The number of aliphatic hydroxyl groups is 2. The molecular weight excluding hydrogens is 1090 g/mol. The van der Waals surface area contributed by atoms with Crippen LogP contribution in [-0.2, 0) is 59.2 Å². The van der Waals surface area contributed by atoms with E-state index in [1.54, 1.807) is 20.8 Å². The first-order chi connectivity index (χ1) is 39.6. The second-order valence-corrected chi connectivity index (χ2v) is 21.3. The average Bonchev–Trinajstić information content (AvgIpc) is 3.61. The number of amides is 6. The molecule has 0 aliphatic heterocycles. The van der Waals surface area contributed by atoms with Crippen molar-refractivity contribution in [3.63, 3.8) is 0 Å². The number of aliphatic carboxylic acids is 1. The number of carboxylic acids is 1. The number of phenols is 1. The number of aliphatic imine (C=N–C) groups is 2. The Morgan fingerprint density at radius 2 is 1.02 bits per heavy atom. The first-order valence-corrected chi connectivity index (χ1v) is 28.6. The molecule has 28 nitrogen and oxygen atoms in total. The number of unbranched alkanes of at least 4 members (excludes halogenated alkanes) is 2. The SMILES string of the molecule is CCCC[C@H](NC(=O)[C@H](CO)CC(=O)[C@H](CCCN=C(N)N)NC(C)=O)C(=O)C[C@H](C(=O)N[C@@H](CC(=O)O)C(=O)C[C@@H](CCCCN)C(=O)N[C@@H](Cc1ccc(O)cc1)C(=O)C[C@@H](CCCN=C(N)N)C(=O)N[C@H](C(N)=O)[C@@H](C)CC)[C@@H](C)O. The number of benzene rings is 1. The topological polar surface area (TPSA) is 510 Å². The number of guanidine groups is 2. The molecule has 0 aromatic heterocycles. The number of Topliss-reactive ketones (excluding diaryl/α,β-unsaturated/α-hetero) is 4. The lowest BCUT2D eigenvalue weighted by molar-refractivity contribution is -0.142. The normalized spacial score (nSPS) is 15.0. The highest BCUT2D eigenvalue weighted by Gasteiger charge is 2.38. The van der Waals surface area contributed by atoms with Gasteiger partial charge in [-0.25, -0.2) is 0 Å². The summed E-state index contributed by atoms with van der Waals surface area (Å²) in [4.78, 5) is 157. The molecule has 84 heavy (non-hydrogen) atoms. The van der Waals surface area contributed by atoms with Crippen molar-refractivity contribution >= 4 is 76.5 Å². The van der Waals surface area contributed by atoms with Gasteiger partial charge in [-0.05, 0) is 88.4 Å². The highest BCUT2D eigenvalue weighted by molar-refractivity contribution is 5.99. The number of rotatable bonds is 45. The molecule has 1 aromatic rings. The minimum Gasteiger partial charge on any atom is -0.508 e. The van der Waals surface area contributed by atoms with Gasteiger partial charge in [-0.15, -0.1) is 0 Å². The fraction of sp³-hybridized carbons (Fsp3) is 0.661. The van der Waals surface area contributed by atoms with Gasteiger partial charge >= 0.3 is 5.97 Å².